The summed E-state index contributed by atoms with van der Waals surface area (Å²) in [5.41, 5.74) is 0.733. The number of likely N-dealkylation sites (tertiary alicyclic amines) is 1. The molecule has 1 amide bonds. The second-order valence-corrected chi connectivity index (χ2v) is 8.26. The number of esters is 1. The highest BCUT2D eigenvalue weighted by atomic mass is 16.5. The van der Waals surface area contributed by atoms with Gasteiger partial charge < -0.3 is 29.6 Å². The molecule has 1 aromatic carbocycles. The highest BCUT2D eigenvalue weighted by Crippen LogP contribution is 2.63. The fourth-order valence-electron chi connectivity index (χ4n) is 5.76. The van der Waals surface area contributed by atoms with Crippen molar-refractivity contribution in [3.63, 3.8) is 0 Å². The maximum Gasteiger partial charge on any atom is 0.335 e. The summed E-state index contributed by atoms with van der Waals surface area (Å²) in [6, 6.07) is 2.83. The third kappa shape index (κ3) is 2.36. The fourth-order valence-corrected chi connectivity index (χ4v) is 5.76. The Morgan fingerprint density at radius 1 is 1.37 bits per heavy atom. The van der Waals surface area contributed by atoms with Gasteiger partial charge in [0.1, 0.15) is 6.29 Å². The number of aromatic hydroxyl groups is 1. The lowest BCUT2D eigenvalue weighted by molar-refractivity contribution is -0.139. The van der Waals surface area contributed by atoms with Crippen molar-refractivity contribution in [3.8, 4) is 11.5 Å². The normalized spacial score (nSPS) is 28.9. The summed E-state index contributed by atoms with van der Waals surface area (Å²) in [5, 5.41) is 13.9. The molecule has 3 atom stereocenters. The molecule has 0 aromatic heterocycles. The number of phenols is 1. The van der Waals surface area contributed by atoms with Gasteiger partial charge in [-0.05, 0) is 30.9 Å². The SMILES string of the molecule is CCC1(C=O)CC(C(=O)OC)=C2Nc3cc(OC)c(O)cc3C23CCN(C(C)=O)C13. The van der Waals surface area contributed by atoms with Gasteiger partial charge in [0.25, 0.3) is 0 Å². The highest BCUT2D eigenvalue weighted by molar-refractivity contribution is 5.95. The van der Waals surface area contributed by atoms with Gasteiger partial charge >= 0.3 is 5.97 Å². The molecule has 160 valence electrons. The third-order valence-corrected chi connectivity index (χ3v) is 7.11. The quantitative estimate of drug-likeness (QED) is 0.442. The molecule has 0 radical (unpaired) electrons. The Kier molecular flexibility index (Phi) is 4.56. The first-order chi connectivity index (χ1) is 14.3. The number of carbonyl (C=O) groups is 3. The number of carbonyl (C=O) groups excluding carboxylic acids is 3. The molecule has 8 nitrogen and oxygen atoms in total. The summed E-state index contributed by atoms with van der Waals surface area (Å²) in [4.78, 5) is 39.6. The number of benzene rings is 1. The van der Waals surface area contributed by atoms with E-state index >= 15 is 0 Å². The third-order valence-electron chi connectivity index (χ3n) is 7.11. The van der Waals surface area contributed by atoms with Crippen LogP contribution < -0.4 is 10.1 Å². The predicted molar refractivity (Wildman–Crippen MR) is 108 cm³/mol. The number of anilines is 1. The first-order valence-corrected chi connectivity index (χ1v) is 10.0. The highest BCUT2D eigenvalue weighted by Gasteiger charge is 2.66. The van der Waals surface area contributed by atoms with E-state index in [4.69, 9.17) is 9.47 Å². The van der Waals surface area contributed by atoms with Gasteiger partial charge in [0, 0.05) is 30.9 Å². The Morgan fingerprint density at radius 2 is 2.10 bits per heavy atom. The lowest BCUT2D eigenvalue weighted by Gasteiger charge is -2.50. The molecular weight excluding hydrogens is 388 g/mol. The van der Waals surface area contributed by atoms with Crippen molar-refractivity contribution in [2.75, 3.05) is 26.1 Å². The van der Waals surface area contributed by atoms with E-state index in [2.05, 4.69) is 5.32 Å². The Balaban J connectivity index is 2.08. The number of methoxy groups -OCH3 is 2. The Morgan fingerprint density at radius 3 is 2.67 bits per heavy atom. The standard InChI is InChI=1S/C22H26N2O6/c1-5-21(11-25)10-13(19(28)30-4)18-22(6-7-24(12(2)26)20(21)22)14-8-16(27)17(29-3)9-15(14)23-18/h8-9,11,20,23,27H,5-7,10H2,1-4H3. The molecule has 1 aromatic rings. The van der Waals surface area contributed by atoms with Crippen LogP contribution in [0.15, 0.2) is 23.4 Å². The molecule has 1 fully saturated rings. The fraction of sp³-hybridized carbons (Fsp3) is 0.500. The molecule has 3 aliphatic rings. The van der Waals surface area contributed by atoms with Gasteiger partial charge in [-0.15, -0.1) is 0 Å². The van der Waals surface area contributed by atoms with E-state index < -0.39 is 22.8 Å². The van der Waals surface area contributed by atoms with Crippen molar-refractivity contribution >= 4 is 23.9 Å². The van der Waals surface area contributed by atoms with E-state index in [1.165, 1.54) is 21.1 Å². The zero-order valence-electron chi connectivity index (χ0n) is 17.6. The number of nitrogens with zero attached hydrogens (tertiary/aromatic N) is 1. The van der Waals surface area contributed by atoms with Crippen LogP contribution in [0.4, 0.5) is 5.69 Å². The second kappa shape index (κ2) is 6.75. The molecule has 4 rings (SSSR count). The minimum atomic E-state index is -0.950. The van der Waals surface area contributed by atoms with E-state index in [1.54, 1.807) is 17.0 Å². The lowest BCUT2D eigenvalue weighted by atomic mass is 9.56. The number of fused-ring (bicyclic) bond motifs is 1. The smallest absolute Gasteiger partial charge is 0.335 e. The van der Waals surface area contributed by atoms with Crippen molar-refractivity contribution in [2.24, 2.45) is 5.41 Å². The summed E-state index contributed by atoms with van der Waals surface area (Å²) in [6.45, 7) is 3.84. The van der Waals surface area contributed by atoms with Crippen LogP contribution in [0.3, 0.4) is 0 Å². The topological polar surface area (TPSA) is 105 Å². The second-order valence-electron chi connectivity index (χ2n) is 8.26. The summed E-state index contributed by atoms with van der Waals surface area (Å²) < 4.78 is 10.3. The van der Waals surface area contributed by atoms with Gasteiger partial charge in [0.2, 0.25) is 5.91 Å². The molecule has 8 heteroatoms. The van der Waals surface area contributed by atoms with Gasteiger partial charge in [-0.25, -0.2) is 4.79 Å². The van der Waals surface area contributed by atoms with Crippen LogP contribution in [0.25, 0.3) is 0 Å². The Hall–Kier alpha value is -3.03. The number of rotatable bonds is 4. The van der Waals surface area contributed by atoms with Crippen molar-refractivity contribution in [3.05, 3.63) is 29.0 Å². The number of amides is 1. The van der Waals surface area contributed by atoms with Crippen molar-refractivity contribution in [2.45, 2.75) is 44.6 Å². The Bertz CT molecular complexity index is 986. The van der Waals surface area contributed by atoms with Crippen molar-refractivity contribution in [1.29, 1.82) is 0 Å². The van der Waals surface area contributed by atoms with Crippen molar-refractivity contribution in [1.82, 2.24) is 4.90 Å². The van der Waals surface area contributed by atoms with Gasteiger partial charge in [0.15, 0.2) is 11.5 Å². The van der Waals surface area contributed by atoms with Crippen LogP contribution in [0.1, 0.15) is 38.7 Å². The zero-order chi connectivity index (χ0) is 21.8. The van der Waals surface area contributed by atoms with Gasteiger partial charge in [0.05, 0.1) is 36.7 Å². The van der Waals surface area contributed by atoms with Crippen LogP contribution in [0.2, 0.25) is 0 Å². The maximum absolute atomic E-state index is 12.8. The largest absolute Gasteiger partial charge is 0.504 e. The van der Waals surface area contributed by atoms with Crippen LogP contribution in [-0.4, -0.2) is 55.0 Å². The Labute approximate surface area is 174 Å². The molecule has 2 aliphatic heterocycles. The summed E-state index contributed by atoms with van der Waals surface area (Å²) in [7, 11) is 2.78. The molecule has 30 heavy (non-hydrogen) atoms. The molecule has 1 saturated heterocycles. The number of ether oxygens (including phenoxy) is 2. The number of aldehydes is 1. The average Bonchev–Trinajstić information content (AvgIpc) is 3.30. The molecular formula is C22H26N2O6. The van der Waals surface area contributed by atoms with Crippen LogP contribution in [0.5, 0.6) is 11.5 Å². The summed E-state index contributed by atoms with van der Waals surface area (Å²) in [5.74, 6) is -0.359. The van der Waals surface area contributed by atoms with E-state index in [9.17, 15) is 19.5 Å². The van der Waals surface area contributed by atoms with E-state index in [1.807, 2.05) is 6.92 Å². The minimum absolute atomic E-state index is 0.0351. The summed E-state index contributed by atoms with van der Waals surface area (Å²) in [6.07, 6.45) is 2.05. The zero-order valence-corrected chi connectivity index (χ0v) is 17.6. The first kappa shape index (κ1) is 20.3. The molecule has 1 aliphatic carbocycles. The van der Waals surface area contributed by atoms with Crippen LogP contribution in [-0.2, 0) is 24.5 Å². The lowest BCUT2D eigenvalue weighted by Crippen LogP contribution is -2.59. The molecule has 0 saturated carbocycles. The monoisotopic (exact) mass is 414 g/mol. The van der Waals surface area contributed by atoms with Crippen molar-refractivity contribution < 1.29 is 29.0 Å². The first-order valence-electron chi connectivity index (χ1n) is 10.0. The summed E-state index contributed by atoms with van der Waals surface area (Å²) >= 11 is 0. The van der Waals surface area contributed by atoms with E-state index in [-0.39, 0.29) is 18.1 Å². The maximum atomic E-state index is 12.8. The molecule has 1 spiro atoms. The molecule has 2 heterocycles. The molecule has 0 bridgehead atoms. The van der Waals surface area contributed by atoms with Gasteiger partial charge in [-0.3, -0.25) is 4.79 Å². The van der Waals surface area contributed by atoms with Crippen LogP contribution in [0, 0.1) is 5.41 Å². The number of phenolic OH excluding ortho intramolecular Hbond substituents is 1. The van der Waals surface area contributed by atoms with Gasteiger partial charge in [-0.1, -0.05) is 6.92 Å². The van der Waals surface area contributed by atoms with Gasteiger partial charge in [-0.2, -0.15) is 0 Å². The minimum Gasteiger partial charge on any atom is -0.504 e. The van der Waals surface area contributed by atoms with E-state index in [0.717, 1.165) is 11.8 Å². The molecule has 3 unspecified atom stereocenters. The number of hydrogen-bond donors (Lipinski definition) is 2. The molecule has 2 N–H and O–H groups in total. The number of hydrogen-bond acceptors (Lipinski definition) is 7. The van der Waals surface area contributed by atoms with E-state index in [0.29, 0.717) is 42.1 Å². The average molecular weight is 414 g/mol. The predicted octanol–water partition coefficient (Wildman–Crippen LogP) is 2.11. The number of nitrogens with one attached hydrogen (secondary N) is 1. The van der Waals surface area contributed by atoms with Crippen LogP contribution >= 0.6 is 0 Å².